The molecule has 0 unspecified atom stereocenters. The topological polar surface area (TPSA) is 62.1 Å². The lowest BCUT2D eigenvalue weighted by Gasteiger charge is -2.31. The van der Waals surface area contributed by atoms with Gasteiger partial charge in [-0.3, -0.25) is 4.79 Å². The Bertz CT molecular complexity index is 1240. The van der Waals surface area contributed by atoms with Gasteiger partial charge in [-0.2, -0.15) is 0 Å². The van der Waals surface area contributed by atoms with Crippen molar-refractivity contribution >= 4 is 16.8 Å². The van der Waals surface area contributed by atoms with Crippen molar-refractivity contribution in [1.29, 1.82) is 0 Å². The van der Waals surface area contributed by atoms with Crippen LogP contribution in [0.15, 0.2) is 59.1 Å². The summed E-state index contributed by atoms with van der Waals surface area (Å²) < 4.78 is 19.4. The van der Waals surface area contributed by atoms with Crippen LogP contribution in [-0.2, 0) is 6.42 Å². The molecule has 5 nitrogen and oxygen atoms in total. The number of benzene rings is 2. The first-order chi connectivity index (χ1) is 15.1. The summed E-state index contributed by atoms with van der Waals surface area (Å²) in [7, 11) is 0. The lowest BCUT2D eigenvalue weighted by atomic mass is 9.97. The molecule has 0 saturated carbocycles. The number of nitrogens with one attached hydrogen (secondary N) is 1. The lowest BCUT2D eigenvalue weighted by Crippen LogP contribution is -2.39. The quantitative estimate of drug-likeness (QED) is 0.496. The largest absolute Gasteiger partial charge is 0.445 e. The Labute approximate surface area is 179 Å². The lowest BCUT2D eigenvalue weighted by molar-refractivity contribution is 0.0693. The normalized spacial score (nSPS) is 16.7. The minimum atomic E-state index is -0.258. The maximum Gasteiger partial charge on any atom is 0.270 e. The van der Waals surface area contributed by atoms with Crippen LogP contribution in [-0.4, -0.2) is 33.9 Å². The number of halogens is 1. The number of aromatic amines is 1. The fourth-order valence-corrected chi connectivity index (χ4v) is 4.40. The van der Waals surface area contributed by atoms with Crippen molar-refractivity contribution in [3.63, 3.8) is 0 Å². The third kappa shape index (κ3) is 3.98. The average Bonchev–Trinajstić information content (AvgIpc) is 3.41. The molecule has 2 aromatic heterocycles. The van der Waals surface area contributed by atoms with E-state index in [1.165, 1.54) is 12.1 Å². The maximum atomic E-state index is 13.4. The SMILES string of the molecule is Cc1cccc2[nH]c(C(=O)N3CCC[C@H](c4ncc(Cc5cccc(F)c5)o4)C3)cc12. The molecule has 1 amide bonds. The summed E-state index contributed by atoms with van der Waals surface area (Å²) in [6.07, 6.45) is 4.03. The molecule has 0 bridgehead atoms. The van der Waals surface area contributed by atoms with E-state index in [9.17, 15) is 9.18 Å². The minimum absolute atomic E-state index is 0.00633. The number of aryl methyl sites for hydroxylation is 1. The second-order valence-electron chi connectivity index (χ2n) is 8.28. The number of hydrogen-bond donors (Lipinski definition) is 1. The summed E-state index contributed by atoms with van der Waals surface area (Å²) >= 11 is 0. The number of fused-ring (bicyclic) bond motifs is 1. The molecule has 0 aliphatic carbocycles. The molecule has 4 aromatic rings. The monoisotopic (exact) mass is 417 g/mol. The maximum absolute atomic E-state index is 13.4. The number of amides is 1. The Morgan fingerprint density at radius 2 is 2.13 bits per heavy atom. The number of H-pyrrole nitrogens is 1. The van der Waals surface area contributed by atoms with Gasteiger partial charge in [-0.15, -0.1) is 0 Å². The van der Waals surface area contributed by atoms with E-state index < -0.39 is 0 Å². The molecule has 1 fully saturated rings. The van der Waals surface area contributed by atoms with E-state index in [2.05, 4.69) is 9.97 Å². The number of likely N-dealkylation sites (tertiary alicyclic amines) is 1. The Morgan fingerprint density at radius 1 is 1.26 bits per heavy atom. The summed E-state index contributed by atoms with van der Waals surface area (Å²) in [5.41, 5.74) is 3.59. The van der Waals surface area contributed by atoms with Crippen LogP contribution in [0.25, 0.3) is 10.9 Å². The Hall–Kier alpha value is -3.41. The van der Waals surface area contributed by atoms with Gasteiger partial charge in [0, 0.05) is 30.4 Å². The van der Waals surface area contributed by atoms with Crippen LogP contribution in [0.1, 0.15) is 52.0 Å². The summed E-state index contributed by atoms with van der Waals surface area (Å²) in [6, 6.07) is 14.5. The second-order valence-corrected chi connectivity index (χ2v) is 8.28. The summed E-state index contributed by atoms with van der Waals surface area (Å²) in [5, 5.41) is 1.08. The highest BCUT2D eigenvalue weighted by atomic mass is 19.1. The summed E-state index contributed by atoms with van der Waals surface area (Å²) in [6.45, 7) is 3.35. The first kappa shape index (κ1) is 19.5. The fourth-order valence-electron chi connectivity index (χ4n) is 4.40. The molecule has 1 aliphatic rings. The molecule has 1 aliphatic heterocycles. The van der Waals surface area contributed by atoms with Gasteiger partial charge in [-0.1, -0.05) is 24.3 Å². The van der Waals surface area contributed by atoms with E-state index in [-0.39, 0.29) is 17.6 Å². The van der Waals surface area contributed by atoms with Crippen LogP contribution < -0.4 is 0 Å². The second kappa shape index (κ2) is 8.02. The van der Waals surface area contributed by atoms with Gasteiger partial charge in [-0.05, 0) is 55.2 Å². The number of carbonyl (C=O) groups excluding carboxylic acids is 1. The van der Waals surface area contributed by atoms with E-state index in [0.29, 0.717) is 30.3 Å². The third-order valence-electron chi connectivity index (χ3n) is 6.01. The smallest absolute Gasteiger partial charge is 0.270 e. The van der Waals surface area contributed by atoms with Crippen LogP contribution in [0.4, 0.5) is 4.39 Å². The number of nitrogens with zero attached hydrogens (tertiary/aromatic N) is 2. The van der Waals surface area contributed by atoms with Gasteiger partial charge < -0.3 is 14.3 Å². The minimum Gasteiger partial charge on any atom is -0.445 e. The highest BCUT2D eigenvalue weighted by Gasteiger charge is 2.29. The average molecular weight is 417 g/mol. The van der Waals surface area contributed by atoms with E-state index in [0.717, 1.165) is 41.4 Å². The molecule has 0 spiro atoms. The highest BCUT2D eigenvalue weighted by molar-refractivity contribution is 5.98. The van der Waals surface area contributed by atoms with Gasteiger partial charge in [-0.25, -0.2) is 9.37 Å². The number of aromatic nitrogens is 2. The van der Waals surface area contributed by atoms with E-state index in [4.69, 9.17) is 4.42 Å². The fraction of sp³-hybridized carbons (Fsp3) is 0.280. The summed E-state index contributed by atoms with van der Waals surface area (Å²) in [5.74, 6) is 1.16. The number of hydrogen-bond acceptors (Lipinski definition) is 3. The van der Waals surface area contributed by atoms with Crippen molar-refractivity contribution in [3.8, 4) is 0 Å². The van der Waals surface area contributed by atoms with E-state index in [1.54, 1.807) is 12.3 Å². The Morgan fingerprint density at radius 3 is 2.97 bits per heavy atom. The first-order valence-corrected chi connectivity index (χ1v) is 10.6. The number of piperidine rings is 1. The zero-order valence-corrected chi connectivity index (χ0v) is 17.4. The Kier molecular flexibility index (Phi) is 5.06. The van der Waals surface area contributed by atoms with Gasteiger partial charge in [0.25, 0.3) is 5.91 Å². The molecule has 5 rings (SSSR count). The number of oxazole rings is 1. The number of rotatable bonds is 4. The summed E-state index contributed by atoms with van der Waals surface area (Å²) in [4.78, 5) is 22.8. The van der Waals surface area contributed by atoms with Gasteiger partial charge in [0.2, 0.25) is 0 Å². The van der Waals surface area contributed by atoms with Gasteiger partial charge in [0.1, 0.15) is 17.3 Å². The predicted molar refractivity (Wildman–Crippen MR) is 117 cm³/mol. The zero-order valence-electron chi connectivity index (χ0n) is 17.4. The van der Waals surface area contributed by atoms with Gasteiger partial charge in [0.15, 0.2) is 5.89 Å². The Balaban J connectivity index is 1.30. The van der Waals surface area contributed by atoms with Crippen molar-refractivity contribution in [2.75, 3.05) is 13.1 Å². The molecule has 158 valence electrons. The van der Waals surface area contributed by atoms with Crippen molar-refractivity contribution in [1.82, 2.24) is 14.9 Å². The van der Waals surface area contributed by atoms with Crippen LogP contribution in [0.5, 0.6) is 0 Å². The predicted octanol–water partition coefficient (Wildman–Crippen LogP) is 5.21. The molecular weight excluding hydrogens is 393 g/mol. The molecule has 6 heteroatoms. The molecule has 1 saturated heterocycles. The van der Waals surface area contributed by atoms with Crippen molar-refractivity contribution in [2.24, 2.45) is 0 Å². The van der Waals surface area contributed by atoms with Crippen LogP contribution in [0.2, 0.25) is 0 Å². The molecule has 1 N–H and O–H groups in total. The zero-order chi connectivity index (χ0) is 21.4. The van der Waals surface area contributed by atoms with Crippen molar-refractivity contribution in [2.45, 2.75) is 32.1 Å². The highest BCUT2D eigenvalue weighted by Crippen LogP contribution is 2.29. The number of carbonyl (C=O) groups is 1. The molecule has 0 radical (unpaired) electrons. The molecule has 2 aromatic carbocycles. The van der Waals surface area contributed by atoms with Gasteiger partial charge in [0.05, 0.1) is 12.1 Å². The molecule has 1 atom stereocenters. The van der Waals surface area contributed by atoms with Crippen molar-refractivity contribution < 1.29 is 13.6 Å². The van der Waals surface area contributed by atoms with Crippen LogP contribution in [0, 0.1) is 12.7 Å². The van der Waals surface area contributed by atoms with Crippen LogP contribution >= 0.6 is 0 Å². The molecule has 3 heterocycles. The third-order valence-corrected chi connectivity index (χ3v) is 6.01. The van der Waals surface area contributed by atoms with Crippen LogP contribution in [0.3, 0.4) is 0 Å². The van der Waals surface area contributed by atoms with Gasteiger partial charge >= 0.3 is 0 Å². The molecular formula is C25H24FN3O2. The standard InChI is InChI=1S/C25H24FN3O2/c1-16-5-2-9-22-21(16)13-23(28-22)25(30)29-10-4-7-18(15-29)24-27-14-20(31-24)12-17-6-3-8-19(26)11-17/h2-3,5-6,8-9,11,13-14,18,28H,4,7,10,12,15H2,1H3/t18-/m0/s1. The van der Waals surface area contributed by atoms with E-state index in [1.807, 2.05) is 42.2 Å². The first-order valence-electron chi connectivity index (χ1n) is 10.6. The molecule has 31 heavy (non-hydrogen) atoms. The van der Waals surface area contributed by atoms with E-state index >= 15 is 0 Å². The van der Waals surface area contributed by atoms with Crippen molar-refractivity contribution in [3.05, 3.63) is 89.0 Å².